The molecule has 0 radical (unpaired) electrons. The highest BCUT2D eigenvalue weighted by Gasteiger charge is 2.34. The summed E-state index contributed by atoms with van der Waals surface area (Å²) in [5.74, 6) is -0.0344. The van der Waals surface area contributed by atoms with Gasteiger partial charge in [0.15, 0.2) is 0 Å². The van der Waals surface area contributed by atoms with Crippen LogP contribution in [0.15, 0.2) is 24.3 Å². The molecule has 1 saturated heterocycles. The van der Waals surface area contributed by atoms with Crippen molar-refractivity contribution in [2.45, 2.75) is 44.6 Å². The van der Waals surface area contributed by atoms with Gasteiger partial charge in [0.25, 0.3) is 5.91 Å². The van der Waals surface area contributed by atoms with Crippen molar-refractivity contribution in [1.29, 1.82) is 0 Å². The second-order valence-electron chi connectivity index (χ2n) is 6.85. The SMILES string of the molecule is CC(C)(C)c1ccccc1C(=O)NC1(CN)CCOCC1. The van der Waals surface area contributed by atoms with Crippen molar-refractivity contribution in [1.82, 2.24) is 5.32 Å². The number of rotatable bonds is 3. The molecule has 116 valence electrons. The smallest absolute Gasteiger partial charge is 0.252 e. The van der Waals surface area contributed by atoms with Crippen LogP contribution in [0.2, 0.25) is 0 Å². The van der Waals surface area contributed by atoms with Gasteiger partial charge in [-0.2, -0.15) is 0 Å². The van der Waals surface area contributed by atoms with Crippen LogP contribution >= 0.6 is 0 Å². The van der Waals surface area contributed by atoms with Crippen LogP contribution in [-0.2, 0) is 10.2 Å². The Bertz CT molecular complexity index is 500. The molecule has 1 aromatic rings. The maximum atomic E-state index is 12.7. The Hall–Kier alpha value is -1.39. The Morgan fingerprint density at radius 2 is 1.90 bits per heavy atom. The van der Waals surface area contributed by atoms with Crippen LogP contribution in [0.25, 0.3) is 0 Å². The van der Waals surface area contributed by atoms with Crippen molar-refractivity contribution in [2.24, 2.45) is 5.73 Å². The molecule has 0 spiro atoms. The van der Waals surface area contributed by atoms with E-state index in [4.69, 9.17) is 10.5 Å². The number of benzene rings is 1. The summed E-state index contributed by atoms with van der Waals surface area (Å²) < 4.78 is 5.38. The molecule has 1 amide bonds. The average molecular weight is 290 g/mol. The third-order valence-electron chi connectivity index (χ3n) is 4.20. The highest BCUT2D eigenvalue weighted by atomic mass is 16.5. The fraction of sp³-hybridized carbons (Fsp3) is 0.588. The van der Waals surface area contributed by atoms with Gasteiger partial charge in [0.05, 0.1) is 5.54 Å². The maximum absolute atomic E-state index is 12.7. The molecule has 1 aliphatic heterocycles. The number of carbonyl (C=O) groups excluding carboxylic acids is 1. The minimum atomic E-state index is -0.333. The maximum Gasteiger partial charge on any atom is 0.252 e. The summed E-state index contributed by atoms with van der Waals surface area (Å²) in [7, 11) is 0. The third kappa shape index (κ3) is 3.63. The summed E-state index contributed by atoms with van der Waals surface area (Å²) in [5, 5.41) is 3.17. The van der Waals surface area contributed by atoms with Crippen LogP contribution in [0.4, 0.5) is 0 Å². The number of hydrogen-bond acceptors (Lipinski definition) is 3. The normalized spacial score (nSPS) is 18.3. The topological polar surface area (TPSA) is 64.4 Å². The van der Waals surface area contributed by atoms with Crippen molar-refractivity contribution >= 4 is 5.91 Å². The molecule has 0 atom stereocenters. The largest absolute Gasteiger partial charge is 0.381 e. The molecular formula is C17H26N2O2. The molecule has 21 heavy (non-hydrogen) atoms. The summed E-state index contributed by atoms with van der Waals surface area (Å²) in [4.78, 5) is 12.7. The van der Waals surface area contributed by atoms with Crippen LogP contribution in [0.1, 0.15) is 49.5 Å². The Balaban J connectivity index is 2.24. The van der Waals surface area contributed by atoms with Crippen molar-refractivity contribution in [2.75, 3.05) is 19.8 Å². The summed E-state index contributed by atoms with van der Waals surface area (Å²) in [5.41, 5.74) is 7.31. The minimum absolute atomic E-state index is 0.0344. The van der Waals surface area contributed by atoms with E-state index in [9.17, 15) is 4.79 Å². The van der Waals surface area contributed by atoms with Crippen LogP contribution in [0.3, 0.4) is 0 Å². The van der Waals surface area contributed by atoms with Gasteiger partial charge in [-0.15, -0.1) is 0 Å². The number of nitrogens with two attached hydrogens (primary N) is 1. The van der Waals surface area contributed by atoms with E-state index in [0.29, 0.717) is 19.8 Å². The quantitative estimate of drug-likeness (QED) is 0.897. The monoisotopic (exact) mass is 290 g/mol. The van der Waals surface area contributed by atoms with Crippen molar-refractivity contribution in [3.8, 4) is 0 Å². The number of hydrogen-bond donors (Lipinski definition) is 2. The van der Waals surface area contributed by atoms with Gasteiger partial charge in [0.2, 0.25) is 0 Å². The molecular weight excluding hydrogens is 264 g/mol. The van der Waals surface area contributed by atoms with Crippen molar-refractivity contribution in [3.63, 3.8) is 0 Å². The zero-order chi connectivity index (χ0) is 15.5. The van der Waals surface area contributed by atoms with Gasteiger partial charge in [-0.1, -0.05) is 39.0 Å². The molecule has 1 aromatic carbocycles. The fourth-order valence-electron chi connectivity index (χ4n) is 2.79. The molecule has 1 fully saturated rings. The molecule has 1 aliphatic rings. The van der Waals surface area contributed by atoms with E-state index in [1.807, 2.05) is 24.3 Å². The van der Waals surface area contributed by atoms with Gasteiger partial charge in [-0.25, -0.2) is 0 Å². The van der Waals surface area contributed by atoms with Gasteiger partial charge >= 0.3 is 0 Å². The van der Waals surface area contributed by atoms with Gasteiger partial charge in [0, 0.05) is 25.3 Å². The van der Waals surface area contributed by atoms with Gasteiger partial charge in [-0.3, -0.25) is 4.79 Å². The summed E-state index contributed by atoms with van der Waals surface area (Å²) in [6, 6.07) is 7.79. The van der Waals surface area contributed by atoms with Gasteiger partial charge in [-0.05, 0) is 29.9 Å². The minimum Gasteiger partial charge on any atom is -0.381 e. The molecule has 2 rings (SSSR count). The summed E-state index contributed by atoms with van der Waals surface area (Å²) >= 11 is 0. The predicted molar refractivity (Wildman–Crippen MR) is 84.4 cm³/mol. The molecule has 0 aromatic heterocycles. The van der Waals surface area contributed by atoms with Crippen molar-refractivity contribution < 1.29 is 9.53 Å². The first-order valence-electron chi connectivity index (χ1n) is 7.58. The number of nitrogens with one attached hydrogen (secondary N) is 1. The van der Waals surface area contributed by atoms with E-state index in [1.165, 1.54) is 0 Å². The van der Waals surface area contributed by atoms with Crippen LogP contribution < -0.4 is 11.1 Å². The van der Waals surface area contributed by atoms with E-state index in [0.717, 1.165) is 24.0 Å². The molecule has 3 N–H and O–H groups in total. The summed E-state index contributed by atoms with van der Waals surface area (Å²) in [6.45, 7) is 8.10. The molecule has 0 bridgehead atoms. The first-order chi connectivity index (χ1) is 9.88. The first-order valence-corrected chi connectivity index (χ1v) is 7.58. The number of ether oxygens (including phenoxy) is 1. The van der Waals surface area contributed by atoms with Crippen molar-refractivity contribution in [3.05, 3.63) is 35.4 Å². The molecule has 0 aliphatic carbocycles. The molecule has 4 nitrogen and oxygen atoms in total. The molecule has 4 heteroatoms. The Morgan fingerprint density at radius 1 is 1.29 bits per heavy atom. The van der Waals surface area contributed by atoms with Crippen LogP contribution in [-0.4, -0.2) is 31.2 Å². The van der Waals surface area contributed by atoms with E-state index in [2.05, 4.69) is 26.1 Å². The number of amides is 1. The third-order valence-corrected chi connectivity index (χ3v) is 4.20. The van der Waals surface area contributed by atoms with Gasteiger partial charge < -0.3 is 15.8 Å². The van der Waals surface area contributed by atoms with Crippen LogP contribution in [0, 0.1) is 0 Å². The Labute approximate surface area is 127 Å². The van der Waals surface area contributed by atoms with Gasteiger partial charge in [0.1, 0.15) is 0 Å². The van der Waals surface area contributed by atoms with Crippen LogP contribution in [0.5, 0.6) is 0 Å². The Morgan fingerprint density at radius 3 is 2.48 bits per heavy atom. The fourth-order valence-corrected chi connectivity index (χ4v) is 2.79. The zero-order valence-corrected chi connectivity index (χ0v) is 13.2. The van der Waals surface area contributed by atoms with E-state index in [1.54, 1.807) is 0 Å². The lowest BCUT2D eigenvalue weighted by molar-refractivity contribution is 0.0388. The highest BCUT2D eigenvalue weighted by Crippen LogP contribution is 2.27. The molecule has 0 saturated carbocycles. The lowest BCUT2D eigenvalue weighted by Crippen LogP contribution is -2.56. The van der Waals surface area contributed by atoms with E-state index >= 15 is 0 Å². The lowest BCUT2D eigenvalue weighted by Gasteiger charge is -2.37. The second kappa shape index (κ2) is 6.16. The number of carbonyl (C=O) groups is 1. The lowest BCUT2D eigenvalue weighted by atomic mass is 9.83. The highest BCUT2D eigenvalue weighted by molar-refractivity contribution is 5.96. The molecule has 0 unspecified atom stereocenters. The van der Waals surface area contributed by atoms with E-state index in [-0.39, 0.29) is 16.9 Å². The summed E-state index contributed by atoms with van der Waals surface area (Å²) in [6.07, 6.45) is 1.54. The van der Waals surface area contributed by atoms with E-state index < -0.39 is 0 Å². The zero-order valence-electron chi connectivity index (χ0n) is 13.2. The molecule has 1 heterocycles. The standard InChI is InChI=1S/C17H26N2O2/c1-16(2,3)14-7-5-4-6-13(14)15(20)19-17(12-18)8-10-21-11-9-17/h4-7H,8-12,18H2,1-3H3,(H,19,20). The first kappa shape index (κ1) is 16.0. The Kier molecular flexibility index (Phi) is 4.69. The second-order valence-corrected chi connectivity index (χ2v) is 6.85. The predicted octanol–water partition coefficient (Wildman–Crippen LogP) is 2.22. The average Bonchev–Trinajstić information content (AvgIpc) is 2.47.